The number of aromatic nitrogens is 2. The number of pyridine rings is 1. The first kappa shape index (κ1) is 13.7. The molecular formula is C14H8Cl3FN2. The lowest BCUT2D eigenvalue weighted by atomic mass is 10.1. The summed E-state index contributed by atoms with van der Waals surface area (Å²) in [6.45, 7) is 0. The van der Waals surface area contributed by atoms with Crippen LogP contribution in [-0.4, -0.2) is 9.38 Å². The lowest BCUT2D eigenvalue weighted by molar-refractivity contribution is 0.619. The van der Waals surface area contributed by atoms with Gasteiger partial charge >= 0.3 is 0 Å². The molecule has 102 valence electrons. The van der Waals surface area contributed by atoms with Crippen molar-refractivity contribution in [3.8, 4) is 11.3 Å². The Hall–Kier alpha value is -1.29. The van der Waals surface area contributed by atoms with Gasteiger partial charge < -0.3 is 4.40 Å². The molecule has 3 aromatic rings. The van der Waals surface area contributed by atoms with Gasteiger partial charge in [0, 0.05) is 23.5 Å². The van der Waals surface area contributed by atoms with Crippen molar-refractivity contribution in [2.75, 3.05) is 0 Å². The SMILES string of the molecule is Fc1ccc2nc(-c3ccc(C(Cl)(Cl)Cl)cc3)cn2c1. The summed E-state index contributed by atoms with van der Waals surface area (Å²) < 4.78 is 13.3. The molecule has 0 saturated carbocycles. The topological polar surface area (TPSA) is 17.3 Å². The number of rotatable bonds is 1. The van der Waals surface area contributed by atoms with Crippen molar-refractivity contribution in [3.63, 3.8) is 0 Å². The highest BCUT2D eigenvalue weighted by molar-refractivity contribution is 6.66. The zero-order valence-corrected chi connectivity index (χ0v) is 12.3. The second kappa shape index (κ2) is 4.92. The summed E-state index contributed by atoms with van der Waals surface area (Å²) >= 11 is 17.4. The van der Waals surface area contributed by atoms with Gasteiger partial charge in [0.2, 0.25) is 3.79 Å². The van der Waals surface area contributed by atoms with Crippen LogP contribution in [0.15, 0.2) is 48.8 Å². The molecule has 1 aromatic carbocycles. The van der Waals surface area contributed by atoms with Gasteiger partial charge in [0.15, 0.2) is 0 Å². The van der Waals surface area contributed by atoms with Crippen molar-refractivity contribution < 1.29 is 4.39 Å². The minimum Gasteiger partial charge on any atom is -0.304 e. The quantitative estimate of drug-likeness (QED) is 0.576. The Labute approximate surface area is 129 Å². The highest BCUT2D eigenvalue weighted by Crippen LogP contribution is 2.38. The molecule has 0 N–H and O–H groups in total. The van der Waals surface area contributed by atoms with Crippen LogP contribution in [0.4, 0.5) is 4.39 Å². The molecule has 0 bridgehead atoms. The standard InChI is InChI=1S/C14H8Cl3FN2/c15-14(16,17)10-3-1-9(2-4-10)12-8-20-7-11(18)5-6-13(20)19-12/h1-8H. The molecular weight excluding hydrogens is 322 g/mol. The van der Waals surface area contributed by atoms with Crippen LogP contribution >= 0.6 is 34.8 Å². The van der Waals surface area contributed by atoms with Crippen LogP contribution in [0.3, 0.4) is 0 Å². The van der Waals surface area contributed by atoms with E-state index in [-0.39, 0.29) is 5.82 Å². The summed E-state index contributed by atoms with van der Waals surface area (Å²) in [5.74, 6) is -0.312. The molecule has 2 heterocycles. The first-order valence-electron chi connectivity index (χ1n) is 5.75. The first-order chi connectivity index (χ1) is 9.43. The van der Waals surface area contributed by atoms with Gasteiger partial charge in [0.05, 0.1) is 5.69 Å². The molecule has 2 nitrogen and oxygen atoms in total. The molecule has 0 saturated heterocycles. The molecule has 0 aliphatic carbocycles. The van der Waals surface area contributed by atoms with Gasteiger partial charge in [-0.25, -0.2) is 9.37 Å². The summed E-state index contributed by atoms with van der Waals surface area (Å²) in [5.41, 5.74) is 2.85. The van der Waals surface area contributed by atoms with Crippen LogP contribution in [0.5, 0.6) is 0 Å². The number of imidazole rings is 1. The molecule has 0 spiro atoms. The van der Waals surface area contributed by atoms with Crippen molar-refractivity contribution >= 4 is 40.4 Å². The van der Waals surface area contributed by atoms with E-state index in [1.165, 1.54) is 12.3 Å². The molecule has 0 atom stereocenters. The van der Waals surface area contributed by atoms with E-state index in [0.29, 0.717) is 11.2 Å². The summed E-state index contributed by atoms with van der Waals surface area (Å²) in [5, 5.41) is 0. The zero-order valence-electron chi connectivity index (χ0n) is 10.0. The second-order valence-corrected chi connectivity index (χ2v) is 6.60. The van der Waals surface area contributed by atoms with E-state index in [9.17, 15) is 4.39 Å². The van der Waals surface area contributed by atoms with Gasteiger partial charge in [0.1, 0.15) is 11.5 Å². The van der Waals surface area contributed by atoms with E-state index in [2.05, 4.69) is 4.98 Å². The Morgan fingerprint density at radius 1 is 0.950 bits per heavy atom. The Balaban J connectivity index is 2.02. The summed E-state index contributed by atoms with van der Waals surface area (Å²) in [4.78, 5) is 4.41. The maximum absolute atomic E-state index is 13.1. The maximum atomic E-state index is 13.1. The van der Waals surface area contributed by atoms with Crippen molar-refractivity contribution in [1.29, 1.82) is 0 Å². The van der Waals surface area contributed by atoms with Gasteiger partial charge in [-0.2, -0.15) is 0 Å². The summed E-state index contributed by atoms with van der Waals surface area (Å²) in [6.07, 6.45) is 3.13. The van der Waals surface area contributed by atoms with Gasteiger partial charge in [-0.05, 0) is 12.1 Å². The highest BCUT2D eigenvalue weighted by atomic mass is 35.6. The monoisotopic (exact) mass is 328 g/mol. The van der Waals surface area contributed by atoms with E-state index >= 15 is 0 Å². The molecule has 3 rings (SSSR count). The van der Waals surface area contributed by atoms with Crippen LogP contribution < -0.4 is 0 Å². The van der Waals surface area contributed by atoms with Crippen LogP contribution in [0.2, 0.25) is 0 Å². The van der Waals surface area contributed by atoms with Crippen molar-refractivity contribution in [2.24, 2.45) is 0 Å². The molecule has 20 heavy (non-hydrogen) atoms. The number of benzene rings is 1. The lowest BCUT2D eigenvalue weighted by Gasteiger charge is -2.10. The second-order valence-electron chi connectivity index (χ2n) is 4.31. The molecule has 6 heteroatoms. The van der Waals surface area contributed by atoms with E-state index in [1.54, 1.807) is 28.8 Å². The third kappa shape index (κ3) is 2.62. The fourth-order valence-electron chi connectivity index (χ4n) is 1.93. The van der Waals surface area contributed by atoms with Gasteiger partial charge in [-0.1, -0.05) is 59.1 Å². The maximum Gasteiger partial charge on any atom is 0.216 e. The minimum absolute atomic E-state index is 0.312. The molecule has 0 aliphatic heterocycles. The highest BCUT2D eigenvalue weighted by Gasteiger charge is 2.22. The Bertz CT molecular complexity index is 760. The Kier molecular flexibility index (Phi) is 3.36. The number of halogens is 4. The number of hydrogen-bond acceptors (Lipinski definition) is 1. The van der Waals surface area contributed by atoms with Gasteiger partial charge in [0.25, 0.3) is 0 Å². The van der Waals surface area contributed by atoms with Crippen LogP contribution in [0.1, 0.15) is 5.56 Å². The van der Waals surface area contributed by atoms with Crippen LogP contribution in [0, 0.1) is 5.82 Å². The van der Waals surface area contributed by atoms with Gasteiger partial charge in [-0.3, -0.25) is 0 Å². The van der Waals surface area contributed by atoms with E-state index in [1.807, 2.05) is 12.1 Å². The lowest BCUT2D eigenvalue weighted by Crippen LogP contribution is -1.98. The number of alkyl halides is 3. The van der Waals surface area contributed by atoms with Crippen LogP contribution in [0.25, 0.3) is 16.9 Å². The van der Waals surface area contributed by atoms with E-state index < -0.39 is 3.79 Å². The number of nitrogens with zero attached hydrogens (tertiary/aromatic N) is 2. The molecule has 0 unspecified atom stereocenters. The van der Waals surface area contributed by atoms with Crippen molar-refractivity contribution in [3.05, 3.63) is 60.2 Å². The Morgan fingerprint density at radius 3 is 2.30 bits per heavy atom. The molecule has 2 aromatic heterocycles. The summed E-state index contributed by atoms with van der Waals surface area (Å²) in [6, 6.07) is 10.1. The van der Waals surface area contributed by atoms with E-state index in [0.717, 1.165) is 11.3 Å². The average molecular weight is 330 g/mol. The molecule has 0 amide bonds. The molecule has 0 fully saturated rings. The molecule has 0 radical (unpaired) electrons. The first-order valence-corrected chi connectivity index (χ1v) is 6.89. The molecule has 0 aliphatic rings. The zero-order chi connectivity index (χ0) is 14.3. The average Bonchev–Trinajstić information content (AvgIpc) is 2.80. The summed E-state index contributed by atoms with van der Waals surface area (Å²) in [7, 11) is 0. The van der Waals surface area contributed by atoms with Crippen molar-refractivity contribution in [2.45, 2.75) is 3.79 Å². The number of fused-ring (bicyclic) bond motifs is 1. The smallest absolute Gasteiger partial charge is 0.216 e. The fraction of sp³-hybridized carbons (Fsp3) is 0.0714. The third-order valence-corrected chi connectivity index (χ3v) is 3.58. The predicted octanol–water partition coefficient (Wildman–Crippen LogP) is 4.97. The largest absolute Gasteiger partial charge is 0.304 e. The normalized spacial score (nSPS) is 12.0. The van der Waals surface area contributed by atoms with E-state index in [4.69, 9.17) is 34.8 Å². The Morgan fingerprint density at radius 2 is 1.65 bits per heavy atom. The fourth-order valence-corrected chi connectivity index (χ4v) is 2.31. The minimum atomic E-state index is -1.44. The third-order valence-electron chi connectivity index (χ3n) is 2.92. The number of hydrogen-bond donors (Lipinski definition) is 0. The predicted molar refractivity (Wildman–Crippen MR) is 79.8 cm³/mol. The van der Waals surface area contributed by atoms with Crippen LogP contribution in [-0.2, 0) is 3.79 Å². The van der Waals surface area contributed by atoms with Gasteiger partial charge in [-0.15, -0.1) is 0 Å². The van der Waals surface area contributed by atoms with Crippen molar-refractivity contribution in [1.82, 2.24) is 9.38 Å².